The van der Waals surface area contributed by atoms with E-state index in [1.165, 1.54) is 6.07 Å². The summed E-state index contributed by atoms with van der Waals surface area (Å²) in [5.41, 5.74) is 1.00. The lowest BCUT2D eigenvalue weighted by Crippen LogP contribution is -2.33. The first-order chi connectivity index (χ1) is 8.78. The van der Waals surface area contributed by atoms with Crippen molar-refractivity contribution in [1.82, 2.24) is 10.2 Å². The summed E-state index contributed by atoms with van der Waals surface area (Å²) < 4.78 is 18.1. The number of benzene rings is 1. The number of nitrogens with zero attached hydrogens (tertiary/aromatic N) is 1. The zero-order chi connectivity index (χ0) is 12.8. The minimum Gasteiger partial charge on any atom is -0.383 e. The van der Waals surface area contributed by atoms with Gasteiger partial charge in [-0.15, -0.1) is 0 Å². The Morgan fingerprint density at radius 3 is 3.17 bits per heavy atom. The van der Waals surface area contributed by atoms with Crippen LogP contribution in [-0.2, 0) is 11.3 Å². The monoisotopic (exact) mass is 252 g/mol. The summed E-state index contributed by atoms with van der Waals surface area (Å²) in [4.78, 5) is 2.40. The Balaban J connectivity index is 1.72. The minimum absolute atomic E-state index is 0.164. The van der Waals surface area contributed by atoms with E-state index in [1.54, 1.807) is 19.2 Å². The van der Waals surface area contributed by atoms with Crippen LogP contribution in [-0.4, -0.2) is 44.3 Å². The Kier molecular flexibility index (Phi) is 5.11. The molecule has 4 heteroatoms. The summed E-state index contributed by atoms with van der Waals surface area (Å²) in [6, 6.07) is 7.28. The highest BCUT2D eigenvalue weighted by molar-refractivity contribution is 5.16. The molecule has 0 spiro atoms. The van der Waals surface area contributed by atoms with Gasteiger partial charge in [-0.25, -0.2) is 4.39 Å². The van der Waals surface area contributed by atoms with Crippen LogP contribution in [0.15, 0.2) is 24.3 Å². The van der Waals surface area contributed by atoms with Gasteiger partial charge in [-0.05, 0) is 30.7 Å². The SMILES string of the molecule is COCCN1CC[C@@H](NCc2cccc(F)c2)C1. The molecular weight excluding hydrogens is 231 g/mol. The summed E-state index contributed by atoms with van der Waals surface area (Å²) in [6.45, 7) is 4.69. The van der Waals surface area contributed by atoms with Gasteiger partial charge in [0.05, 0.1) is 6.61 Å². The van der Waals surface area contributed by atoms with E-state index >= 15 is 0 Å². The topological polar surface area (TPSA) is 24.5 Å². The highest BCUT2D eigenvalue weighted by Gasteiger charge is 2.21. The fraction of sp³-hybridized carbons (Fsp3) is 0.571. The van der Waals surface area contributed by atoms with Crippen LogP contribution in [0.5, 0.6) is 0 Å². The Labute approximate surface area is 108 Å². The molecule has 1 atom stereocenters. The lowest BCUT2D eigenvalue weighted by Gasteiger charge is -2.16. The molecule has 0 aliphatic carbocycles. The van der Waals surface area contributed by atoms with Gasteiger partial charge < -0.3 is 10.1 Å². The zero-order valence-corrected chi connectivity index (χ0v) is 10.9. The molecule has 0 bridgehead atoms. The first-order valence-electron chi connectivity index (χ1n) is 6.47. The van der Waals surface area contributed by atoms with E-state index in [4.69, 9.17) is 4.74 Å². The molecule has 1 aromatic rings. The highest BCUT2D eigenvalue weighted by Crippen LogP contribution is 2.10. The quantitative estimate of drug-likeness (QED) is 0.833. The van der Waals surface area contributed by atoms with E-state index < -0.39 is 0 Å². The lowest BCUT2D eigenvalue weighted by molar-refractivity contribution is 0.159. The van der Waals surface area contributed by atoms with Crippen molar-refractivity contribution in [2.45, 2.75) is 19.0 Å². The van der Waals surface area contributed by atoms with Gasteiger partial charge in [0.2, 0.25) is 0 Å². The number of methoxy groups -OCH3 is 1. The number of halogens is 1. The van der Waals surface area contributed by atoms with E-state index in [-0.39, 0.29) is 5.82 Å². The molecule has 18 heavy (non-hydrogen) atoms. The summed E-state index contributed by atoms with van der Waals surface area (Å²) in [5.74, 6) is -0.164. The third kappa shape index (κ3) is 4.05. The molecule has 1 N–H and O–H groups in total. The van der Waals surface area contributed by atoms with Crippen LogP contribution in [0.2, 0.25) is 0 Å². The first-order valence-corrected chi connectivity index (χ1v) is 6.47. The smallest absolute Gasteiger partial charge is 0.123 e. The molecule has 0 saturated carbocycles. The molecule has 0 radical (unpaired) electrons. The van der Waals surface area contributed by atoms with Gasteiger partial charge in [-0.3, -0.25) is 4.90 Å². The number of hydrogen-bond acceptors (Lipinski definition) is 3. The number of nitrogens with one attached hydrogen (secondary N) is 1. The van der Waals surface area contributed by atoms with Crippen LogP contribution < -0.4 is 5.32 Å². The fourth-order valence-electron chi connectivity index (χ4n) is 2.33. The third-order valence-electron chi connectivity index (χ3n) is 3.37. The molecule has 1 aliphatic heterocycles. The molecule has 1 fully saturated rings. The minimum atomic E-state index is -0.164. The third-order valence-corrected chi connectivity index (χ3v) is 3.37. The van der Waals surface area contributed by atoms with Crippen LogP contribution in [0.4, 0.5) is 4.39 Å². The molecule has 1 saturated heterocycles. The second kappa shape index (κ2) is 6.83. The normalized spacial score (nSPS) is 20.4. The standard InChI is InChI=1S/C14H21FN2O/c1-18-8-7-17-6-5-14(11-17)16-10-12-3-2-4-13(15)9-12/h2-4,9,14,16H,5-8,10-11H2,1H3/t14-/m1/s1. The molecule has 2 rings (SSSR count). The van der Waals surface area contributed by atoms with E-state index in [2.05, 4.69) is 10.2 Å². The molecule has 1 aliphatic rings. The summed E-state index contributed by atoms with van der Waals surface area (Å²) >= 11 is 0. The van der Waals surface area contributed by atoms with Crippen molar-refractivity contribution in [1.29, 1.82) is 0 Å². The molecule has 100 valence electrons. The molecule has 3 nitrogen and oxygen atoms in total. The molecule has 1 aromatic carbocycles. The maximum absolute atomic E-state index is 13.0. The number of likely N-dealkylation sites (tertiary alicyclic amines) is 1. The van der Waals surface area contributed by atoms with E-state index in [0.29, 0.717) is 6.04 Å². The fourth-order valence-corrected chi connectivity index (χ4v) is 2.33. The van der Waals surface area contributed by atoms with Crippen LogP contribution >= 0.6 is 0 Å². The van der Waals surface area contributed by atoms with Crippen molar-refractivity contribution in [2.24, 2.45) is 0 Å². The number of ether oxygens (including phenoxy) is 1. The van der Waals surface area contributed by atoms with E-state index in [0.717, 1.165) is 44.8 Å². The highest BCUT2D eigenvalue weighted by atomic mass is 19.1. The van der Waals surface area contributed by atoms with Crippen molar-refractivity contribution in [2.75, 3.05) is 33.4 Å². The number of rotatable bonds is 6. The number of hydrogen-bond donors (Lipinski definition) is 1. The average molecular weight is 252 g/mol. The Morgan fingerprint density at radius 1 is 1.50 bits per heavy atom. The van der Waals surface area contributed by atoms with Gasteiger partial charge in [-0.2, -0.15) is 0 Å². The second-order valence-electron chi connectivity index (χ2n) is 4.79. The van der Waals surface area contributed by atoms with Crippen LogP contribution in [0, 0.1) is 5.82 Å². The van der Waals surface area contributed by atoms with Crippen molar-refractivity contribution >= 4 is 0 Å². The van der Waals surface area contributed by atoms with Crippen molar-refractivity contribution in [3.63, 3.8) is 0 Å². The van der Waals surface area contributed by atoms with Crippen molar-refractivity contribution in [3.8, 4) is 0 Å². The first kappa shape index (κ1) is 13.5. The van der Waals surface area contributed by atoms with Crippen molar-refractivity contribution < 1.29 is 9.13 Å². The van der Waals surface area contributed by atoms with Gasteiger partial charge in [0.25, 0.3) is 0 Å². The lowest BCUT2D eigenvalue weighted by atomic mass is 10.2. The predicted molar refractivity (Wildman–Crippen MR) is 70.0 cm³/mol. The largest absolute Gasteiger partial charge is 0.383 e. The Bertz CT molecular complexity index is 373. The van der Waals surface area contributed by atoms with Gasteiger partial charge in [0.15, 0.2) is 0 Å². The molecule has 1 heterocycles. The molecule has 0 amide bonds. The van der Waals surface area contributed by atoms with Crippen LogP contribution in [0.1, 0.15) is 12.0 Å². The maximum atomic E-state index is 13.0. The van der Waals surface area contributed by atoms with Crippen LogP contribution in [0.25, 0.3) is 0 Å². The van der Waals surface area contributed by atoms with Crippen LogP contribution in [0.3, 0.4) is 0 Å². The molecule has 0 unspecified atom stereocenters. The predicted octanol–water partition coefficient (Wildman–Crippen LogP) is 1.64. The second-order valence-corrected chi connectivity index (χ2v) is 4.79. The Hall–Kier alpha value is -0.970. The van der Waals surface area contributed by atoms with Gasteiger partial charge in [0.1, 0.15) is 5.82 Å². The average Bonchev–Trinajstić information content (AvgIpc) is 2.82. The van der Waals surface area contributed by atoms with E-state index in [9.17, 15) is 4.39 Å². The molecule has 0 aromatic heterocycles. The summed E-state index contributed by atoms with van der Waals surface area (Å²) in [5, 5.41) is 3.48. The zero-order valence-electron chi connectivity index (χ0n) is 10.9. The Morgan fingerprint density at radius 2 is 2.39 bits per heavy atom. The summed E-state index contributed by atoms with van der Waals surface area (Å²) in [6.07, 6.45) is 1.15. The summed E-state index contributed by atoms with van der Waals surface area (Å²) in [7, 11) is 1.73. The van der Waals surface area contributed by atoms with Crippen molar-refractivity contribution in [3.05, 3.63) is 35.6 Å². The van der Waals surface area contributed by atoms with E-state index in [1.807, 2.05) is 6.07 Å². The molecular formula is C14H21FN2O. The van der Waals surface area contributed by atoms with Gasteiger partial charge in [-0.1, -0.05) is 12.1 Å². The maximum Gasteiger partial charge on any atom is 0.123 e. The van der Waals surface area contributed by atoms with Gasteiger partial charge >= 0.3 is 0 Å². The van der Waals surface area contributed by atoms with Gasteiger partial charge in [0, 0.05) is 32.8 Å².